The number of amides is 1. The van der Waals surface area contributed by atoms with E-state index in [0.29, 0.717) is 12.1 Å². The fourth-order valence-electron chi connectivity index (χ4n) is 1.69. The monoisotopic (exact) mass is 239 g/mol. The van der Waals surface area contributed by atoms with E-state index < -0.39 is 5.82 Å². The minimum Gasteiger partial charge on any atom is -0.395 e. The molecule has 1 rings (SSSR count). The fraction of sp³-hybridized carbons (Fsp3) is 0.462. The molecule has 3 nitrogen and oxygen atoms in total. The Morgan fingerprint density at radius 2 is 2.12 bits per heavy atom. The lowest BCUT2D eigenvalue weighted by Gasteiger charge is -2.21. The fourth-order valence-corrected chi connectivity index (χ4v) is 1.69. The highest BCUT2D eigenvalue weighted by atomic mass is 19.1. The van der Waals surface area contributed by atoms with Crippen molar-refractivity contribution < 1.29 is 14.3 Å². The van der Waals surface area contributed by atoms with Crippen molar-refractivity contribution in [3.63, 3.8) is 0 Å². The number of aliphatic hydroxyl groups is 1. The van der Waals surface area contributed by atoms with Crippen LogP contribution in [0.1, 0.15) is 29.3 Å². The van der Waals surface area contributed by atoms with E-state index in [9.17, 15) is 9.18 Å². The molecule has 0 aromatic heterocycles. The molecule has 0 aliphatic heterocycles. The molecule has 0 fully saturated rings. The highest BCUT2D eigenvalue weighted by Crippen LogP contribution is 2.14. The van der Waals surface area contributed by atoms with Crippen LogP contribution in [0.3, 0.4) is 0 Å². The molecule has 0 aliphatic carbocycles. The van der Waals surface area contributed by atoms with Crippen molar-refractivity contribution in [3.05, 3.63) is 35.1 Å². The number of aliphatic hydroxyl groups excluding tert-OH is 1. The molecule has 0 aliphatic rings. The summed E-state index contributed by atoms with van der Waals surface area (Å²) in [6.07, 6.45) is 0.777. The van der Waals surface area contributed by atoms with Gasteiger partial charge in [-0.05, 0) is 25.0 Å². The third-order valence-electron chi connectivity index (χ3n) is 2.57. The number of aryl methyl sites for hydroxylation is 1. The quantitative estimate of drug-likeness (QED) is 0.853. The molecular weight excluding hydrogens is 221 g/mol. The molecule has 1 aromatic rings. The number of hydrogen-bond acceptors (Lipinski definition) is 2. The van der Waals surface area contributed by atoms with Gasteiger partial charge in [-0.15, -0.1) is 0 Å². The van der Waals surface area contributed by atoms with Crippen molar-refractivity contribution in [3.8, 4) is 0 Å². The largest absolute Gasteiger partial charge is 0.395 e. The molecule has 0 atom stereocenters. The molecule has 17 heavy (non-hydrogen) atoms. The second kappa shape index (κ2) is 6.35. The smallest absolute Gasteiger partial charge is 0.256 e. The molecule has 1 aromatic carbocycles. The van der Waals surface area contributed by atoms with Crippen molar-refractivity contribution >= 4 is 5.91 Å². The molecule has 0 saturated carbocycles. The minimum atomic E-state index is -0.475. The Morgan fingerprint density at radius 1 is 1.41 bits per heavy atom. The molecule has 0 radical (unpaired) electrons. The summed E-state index contributed by atoms with van der Waals surface area (Å²) in [6, 6.07) is 4.77. The number of benzene rings is 1. The first-order valence-electron chi connectivity index (χ1n) is 5.77. The average molecular weight is 239 g/mol. The van der Waals surface area contributed by atoms with Gasteiger partial charge in [-0.2, -0.15) is 0 Å². The van der Waals surface area contributed by atoms with Crippen molar-refractivity contribution in [1.82, 2.24) is 4.90 Å². The number of nitrogens with zero attached hydrogens (tertiary/aromatic N) is 1. The third kappa shape index (κ3) is 3.27. The molecule has 0 unspecified atom stereocenters. The Kier molecular flexibility index (Phi) is 5.10. The number of rotatable bonds is 5. The molecule has 0 bridgehead atoms. The van der Waals surface area contributed by atoms with Gasteiger partial charge in [0.1, 0.15) is 5.82 Å². The topological polar surface area (TPSA) is 40.5 Å². The maximum absolute atomic E-state index is 13.8. The Bertz CT molecular complexity index is 387. The van der Waals surface area contributed by atoms with Crippen LogP contribution in [0.2, 0.25) is 0 Å². The van der Waals surface area contributed by atoms with E-state index in [1.54, 1.807) is 19.1 Å². The molecule has 1 N–H and O–H groups in total. The summed E-state index contributed by atoms with van der Waals surface area (Å²) in [5.41, 5.74) is 0.531. The van der Waals surface area contributed by atoms with Gasteiger partial charge in [-0.1, -0.05) is 19.1 Å². The second-order valence-corrected chi connectivity index (χ2v) is 3.95. The van der Waals surface area contributed by atoms with Crippen LogP contribution in [0.4, 0.5) is 4.39 Å². The zero-order valence-corrected chi connectivity index (χ0v) is 10.2. The minimum absolute atomic E-state index is 0.0758. The molecular formula is C13H18FNO2. The molecule has 94 valence electrons. The van der Waals surface area contributed by atoms with Crippen LogP contribution in [0, 0.1) is 12.7 Å². The van der Waals surface area contributed by atoms with E-state index in [0.717, 1.165) is 6.42 Å². The van der Waals surface area contributed by atoms with E-state index in [4.69, 9.17) is 5.11 Å². The lowest BCUT2D eigenvalue weighted by molar-refractivity contribution is 0.0717. The van der Waals surface area contributed by atoms with E-state index >= 15 is 0 Å². The molecule has 4 heteroatoms. The van der Waals surface area contributed by atoms with Gasteiger partial charge < -0.3 is 10.0 Å². The Labute approximate surface area is 101 Å². The number of hydrogen-bond donors (Lipinski definition) is 1. The summed E-state index contributed by atoms with van der Waals surface area (Å²) >= 11 is 0. The molecule has 0 spiro atoms. The SMILES string of the molecule is CCCN(CCO)C(=O)c1cccc(C)c1F. The van der Waals surface area contributed by atoms with E-state index in [2.05, 4.69) is 0 Å². The van der Waals surface area contributed by atoms with Crippen LogP contribution in [0.25, 0.3) is 0 Å². The summed E-state index contributed by atoms with van der Waals surface area (Å²) < 4.78 is 13.8. The zero-order chi connectivity index (χ0) is 12.8. The Morgan fingerprint density at radius 3 is 2.71 bits per heavy atom. The highest BCUT2D eigenvalue weighted by molar-refractivity contribution is 5.94. The summed E-state index contributed by atoms with van der Waals surface area (Å²) in [5, 5.41) is 8.90. The van der Waals surface area contributed by atoms with Crippen molar-refractivity contribution in [2.45, 2.75) is 20.3 Å². The van der Waals surface area contributed by atoms with Crippen molar-refractivity contribution in [2.24, 2.45) is 0 Å². The van der Waals surface area contributed by atoms with Crippen LogP contribution >= 0.6 is 0 Å². The first-order valence-corrected chi connectivity index (χ1v) is 5.77. The normalized spacial score (nSPS) is 10.4. The van der Waals surface area contributed by atoms with Gasteiger partial charge in [0.25, 0.3) is 5.91 Å². The van der Waals surface area contributed by atoms with Crippen LogP contribution < -0.4 is 0 Å². The van der Waals surface area contributed by atoms with Gasteiger partial charge >= 0.3 is 0 Å². The molecule has 1 amide bonds. The van der Waals surface area contributed by atoms with Gasteiger partial charge in [0.2, 0.25) is 0 Å². The van der Waals surface area contributed by atoms with Crippen molar-refractivity contribution in [1.29, 1.82) is 0 Å². The average Bonchev–Trinajstić information content (AvgIpc) is 2.31. The molecule has 0 saturated heterocycles. The summed E-state index contributed by atoms with van der Waals surface area (Å²) in [5.74, 6) is -0.835. The summed E-state index contributed by atoms with van der Waals surface area (Å²) in [6.45, 7) is 4.21. The van der Waals surface area contributed by atoms with Crippen LogP contribution in [-0.2, 0) is 0 Å². The first kappa shape index (κ1) is 13.6. The number of halogens is 1. The van der Waals surface area contributed by atoms with Crippen LogP contribution in [0.5, 0.6) is 0 Å². The van der Waals surface area contributed by atoms with Gasteiger partial charge in [0.05, 0.1) is 12.2 Å². The van der Waals surface area contributed by atoms with Gasteiger partial charge in [0.15, 0.2) is 0 Å². The maximum Gasteiger partial charge on any atom is 0.256 e. The third-order valence-corrected chi connectivity index (χ3v) is 2.57. The molecule has 0 heterocycles. The van der Waals surface area contributed by atoms with E-state index in [-0.39, 0.29) is 24.6 Å². The van der Waals surface area contributed by atoms with Crippen LogP contribution in [-0.4, -0.2) is 35.6 Å². The highest BCUT2D eigenvalue weighted by Gasteiger charge is 2.18. The second-order valence-electron chi connectivity index (χ2n) is 3.95. The zero-order valence-electron chi connectivity index (χ0n) is 10.2. The van der Waals surface area contributed by atoms with Crippen molar-refractivity contribution in [2.75, 3.05) is 19.7 Å². The maximum atomic E-state index is 13.8. The lowest BCUT2D eigenvalue weighted by Crippen LogP contribution is -2.34. The summed E-state index contributed by atoms with van der Waals surface area (Å²) in [4.78, 5) is 13.5. The first-order chi connectivity index (χ1) is 8.11. The predicted molar refractivity (Wildman–Crippen MR) is 64.4 cm³/mol. The number of carbonyl (C=O) groups is 1. The Balaban J connectivity index is 2.96. The number of carbonyl (C=O) groups excluding carboxylic acids is 1. The van der Waals surface area contributed by atoms with Gasteiger partial charge in [-0.25, -0.2) is 4.39 Å². The Hall–Kier alpha value is -1.42. The lowest BCUT2D eigenvalue weighted by atomic mass is 10.1. The predicted octanol–water partition coefficient (Wildman–Crippen LogP) is 1.98. The van der Waals surface area contributed by atoms with Crippen LogP contribution in [0.15, 0.2) is 18.2 Å². The van der Waals surface area contributed by atoms with Gasteiger partial charge in [-0.3, -0.25) is 4.79 Å². The van der Waals surface area contributed by atoms with E-state index in [1.165, 1.54) is 11.0 Å². The van der Waals surface area contributed by atoms with Gasteiger partial charge in [0, 0.05) is 13.1 Å². The summed E-state index contributed by atoms with van der Waals surface area (Å²) in [7, 11) is 0. The van der Waals surface area contributed by atoms with E-state index in [1.807, 2.05) is 6.92 Å². The standard InChI is InChI=1S/C13H18FNO2/c1-3-7-15(8-9-16)13(17)11-6-4-5-10(2)12(11)14/h4-6,16H,3,7-9H2,1-2H3.